The van der Waals surface area contributed by atoms with Crippen LogP contribution in [0.2, 0.25) is 5.02 Å². The Morgan fingerprint density at radius 1 is 1.30 bits per heavy atom. The van der Waals surface area contributed by atoms with E-state index < -0.39 is 5.41 Å². The van der Waals surface area contributed by atoms with Crippen LogP contribution in [-0.4, -0.2) is 19.4 Å². The molecule has 4 heteroatoms. The lowest BCUT2D eigenvalue weighted by atomic mass is 9.74. The van der Waals surface area contributed by atoms with E-state index in [1.165, 1.54) is 12.8 Å². The van der Waals surface area contributed by atoms with Crippen LogP contribution in [-0.2, 0) is 0 Å². The lowest BCUT2D eigenvalue weighted by molar-refractivity contribution is 0.0774. The molecule has 0 unspecified atom stereocenters. The molecule has 1 aliphatic rings. The summed E-state index contributed by atoms with van der Waals surface area (Å²) in [5.74, 6) is 0.676. The Labute approximate surface area is 125 Å². The van der Waals surface area contributed by atoms with Gasteiger partial charge < -0.3 is 10.5 Å². The number of rotatable bonds is 4. The van der Waals surface area contributed by atoms with E-state index in [0.29, 0.717) is 22.9 Å². The van der Waals surface area contributed by atoms with Crippen LogP contribution in [0.5, 0.6) is 5.75 Å². The summed E-state index contributed by atoms with van der Waals surface area (Å²) >= 11 is 6.02. The number of nitrogens with two attached hydrogens (primary N) is 1. The van der Waals surface area contributed by atoms with Gasteiger partial charge in [0, 0.05) is 17.5 Å². The first kappa shape index (κ1) is 15.3. The van der Waals surface area contributed by atoms with Gasteiger partial charge in [-0.25, -0.2) is 0 Å². The van der Waals surface area contributed by atoms with E-state index in [1.807, 2.05) is 0 Å². The molecule has 0 radical (unpaired) electrons. The highest BCUT2D eigenvalue weighted by atomic mass is 35.5. The number of methoxy groups -OCH3 is 1. The van der Waals surface area contributed by atoms with Crippen molar-refractivity contribution in [3.8, 4) is 5.75 Å². The Morgan fingerprint density at radius 2 is 1.95 bits per heavy atom. The van der Waals surface area contributed by atoms with Crippen molar-refractivity contribution in [2.75, 3.05) is 13.7 Å². The fourth-order valence-electron chi connectivity index (χ4n) is 3.04. The summed E-state index contributed by atoms with van der Waals surface area (Å²) in [6.45, 7) is 0.413. The maximum Gasteiger partial charge on any atom is 0.170 e. The zero-order chi connectivity index (χ0) is 14.6. The van der Waals surface area contributed by atoms with E-state index in [-0.39, 0.29) is 5.78 Å². The summed E-state index contributed by atoms with van der Waals surface area (Å²) in [5.41, 5.74) is 6.21. The lowest BCUT2D eigenvalue weighted by Gasteiger charge is -2.30. The maximum atomic E-state index is 12.9. The number of halogens is 1. The van der Waals surface area contributed by atoms with Gasteiger partial charge in [-0.3, -0.25) is 4.79 Å². The second-order valence-electron chi connectivity index (χ2n) is 5.58. The minimum atomic E-state index is -0.407. The van der Waals surface area contributed by atoms with E-state index in [1.54, 1.807) is 25.3 Å². The Kier molecular flexibility index (Phi) is 5.06. The van der Waals surface area contributed by atoms with Gasteiger partial charge in [-0.2, -0.15) is 0 Å². The monoisotopic (exact) mass is 295 g/mol. The molecule has 20 heavy (non-hydrogen) atoms. The molecule has 0 amide bonds. The largest absolute Gasteiger partial charge is 0.495 e. The smallest absolute Gasteiger partial charge is 0.170 e. The lowest BCUT2D eigenvalue weighted by Crippen LogP contribution is -2.38. The van der Waals surface area contributed by atoms with Gasteiger partial charge in [0.1, 0.15) is 5.75 Å². The van der Waals surface area contributed by atoms with Crippen molar-refractivity contribution >= 4 is 17.4 Å². The number of Topliss-reactive ketones (excluding diaryl/α,β-unsaturated/α-hetero) is 1. The molecule has 0 spiro atoms. The summed E-state index contributed by atoms with van der Waals surface area (Å²) in [6.07, 6.45) is 6.31. The van der Waals surface area contributed by atoms with Crippen LogP contribution < -0.4 is 10.5 Å². The van der Waals surface area contributed by atoms with Crippen LogP contribution in [0.4, 0.5) is 0 Å². The van der Waals surface area contributed by atoms with Crippen molar-refractivity contribution in [3.63, 3.8) is 0 Å². The standard InChI is InChI=1S/C16H22ClNO2/c1-20-14-10-12(6-7-13(14)17)15(19)16(11-18)8-4-2-3-5-9-16/h6-7,10H,2-5,8-9,11,18H2,1H3. The number of hydrogen-bond acceptors (Lipinski definition) is 3. The van der Waals surface area contributed by atoms with E-state index >= 15 is 0 Å². The van der Waals surface area contributed by atoms with Gasteiger partial charge in [-0.15, -0.1) is 0 Å². The quantitative estimate of drug-likeness (QED) is 0.678. The van der Waals surface area contributed by atoms with Gasteiger partial charge in [0.05, 0.1) is 12.1 Å². The molecule has 1 aromatic rings. The van der Waals surface area contributed by atoms with Crippen LogP contribution in [0.25, 0.3) is 0 Å². The average molecular weight is 296 g/mol. The zero-order valence-corrected chi connectivity index (χ0v) is 12.7. The summed E-state index contributed by atoms with van der Waals surface area (Å²) < 4.78 is 5.20. The summed E-state index contributed by atoms with van der Waals surface area (Å²) in [4.78, 5) is 12.9. The van der Waals surface area contributed by atoms with E-state index in [4.69, 9.17) is 22.1 Å². The number of ketones is 1. The Morgan fingerprint density at radius 3 is 2.50 bits per heavy atom. The van der Waals surface area contributed by atoms with Gasteiger partial charge >= 0.3 is 0 Å². The van der Waals surface area contributed by atoms with Crippen molar-refractivity contribution in [1.29, 1.82) is 0 Å². The van der Waals surface area contributed by atoms with Crippen molar-refractivity contribution in [1.82, 2.24) is 0 Å². The van der Waals surface area contributed by atoms with Crippen LogP contribution in [0.1, 0.15) is 48.9 Å². The van der Waals surface area contributed by atoms with Gasteiger partial charge in [-0.05, 0) is 31.0 Å². The van der Waals surface area contributed by atoms with Crippen molar-refractivity contribution in [2.45, 2.75) is 38.5 Å². The molecule has 0 heterocycles. The molecule has 0 aromatic heterocycles. The molecule has 0 atom stereocenters. The normalized spacial score (nSPS) is 18.4. The maximum absolute atomic E-state index is 12.9. The molecule has 110 valence electrons. The first-order valence-corrected chi connectivity index (χ1v) is 7.59. The fraction of sp³-hybridized carbons (Fsp3) is 0.562. The van der Waals surface area contributed by atoms with E-state index in [0.717, 1.165) is 25.7 Å². The molecule has 1 fully saturated rings. The van der Waals surface area contributed by atoms with E-state index in [9.17, 15) is 4.79 Å². The molecule has 3 nitrogen and oxygen atoms in total. The second-order valence-corrected chi connectivity index (χ2v) is 5.98. The number of benzene rings is 1. The molecule has 2 N–H and O–H groups in total. The Bertz CT molecular complexity index is 479. The Hall–Kier alpha value is -1.06. The summed E-state index contributed by atoms with van der Waals surface area (Å²) in [6, 6.07) is 5.22. The zero-order valence-electron chi connectivity index (χ0n) is 12.0. The molecule has 1 aromatic carbocycles. The highest BCUT2D eigenvalue weighted by molar-refractivity contribution is 6.32. The first-order chi connectivity index (χ1) is 9.63. The van der Waals surface area contributed by atoms with Crippen LogP contribution in [0.15, 0.2) is 18.2 Å². The summed E-state index contributed by atoms with van der Waals surface area (Å²) in [5, 5.41) is 0.520. The average Bonchev–Trinajstić information content (AvgIpc) is 2.73. The first-order valence-electron chi connectivity index (χ1n) is 7.21. The SMILES string of the molecule is COc1cc(C(=O)C2(CN)CCCCCC2)ccc1Cl. The van der Waals surface area contributed by atoms with Gasteiger partial charge in [0.15, 0.2) is 5.78 Å². The third kappa shape index (κ3) is 2.99. The third-order valence-electron chi connectivity index (χ3n) is 4.35. The number of carbonyl (C=O) groups excluding carboxylic acids is 1. The Balaban J connectivity index is 2.32. The molecular weight excluding hydrogens is 274 g/mol. The van der Waals surface area contributed by atoms with Crippen LogP contribution in [0.3, 0.4) is 0 Å². The minimum Gasteiger partial charge on any atom is -0.495 e. The van der Waals surface area contributed by atoms with Crippen molar-refractivity contribution in [2.24, 2.45) is 11.1 Å². The van der Waals surface area contributed by atoms with Gasteiger partial charge in [-0.1, -0.05) is 37.3 Å². The molecule has 0 aliphatic heterocycles. The third-order valence-corrected chi connectivity index (χ3v) is 4.66. The number of ether oxygens (including phenoxy) is 1. The number of hydrogen-bond donors (Lipinski definition) is 1. The molecule has 1 aliphatic carbocycles. The summed E-state index contributed by atoms with van der Waals surface area (Å²) in [7, 11) is 1.56. The predicted octanol–water partition coefficient (Wildman–Crippen LogP) is 3.83. The topological polar surface area (TPSA) is 52.3 Å². The molecule has 2 rings (SSSR count). The second kappa shape index (κ2) is 6.59. The molecule has 0 bridgehead atoms. The van der Waals surface area contributed by atoms with Crippen molar-refractivity contribution < 1.29 is 9.53 Å². The van der Waals surface area contributed by atoms with E-state index in [2.05, 4.69) is 0 Å². The molecule has 1 saturated carbocycles. The molecular formula is C16H22ClNO2. The predicted molar refractivity (Wildman–Crippen MR) is 81.5 cm³/mol. The van der Waals surface area contributed by atoms with Gasteiger partial charge in [0.25, 0.3) is 0 Å². The van der Waals surface area contributed by atoms with Crippen molar-refractivity contribution in [3.05, 3.63) is 28.8 Å². The van der Waals surface area contributed by atoms with Gasteiger partial charge in [0.2, 0.25) is 0 Å². The number of carbonyl (C=O) groups is 1. The van der Waals surface area contributed by atoms with Crippen LogP contribution in [0, 0.1) is 5.41 Å². The molecule has 0 saturated heterocycles. The van der Waals surface area contributed by atoms with Crippen LogP contribution >= 0.6 is 11.6 Å². The highest BCUT2D eigenvalue weighted by Crippen LogP contribution is 2.38. The minimum absolute atomic E-state index is 0.136. The fourth-order valence-corrected chi connectivity index (χ4v) is 3.23. The highest BCUT2D eigenvalue weighted by Gasteiger charge is 2.37.